The standard InChI is InChI=1S/C26H26BrN3O3/c1-2-26(33)30-14-20(15-30)28-25(32)17-29-16-22(21-13-19(27)11-12-23(21)29)24(31)10-6-9-18-7-4-3-5-8-18/h2-5,7-8,11-13,16,20H,1,6,9-10,14-15,17H2,(H,28,32). The molecular formula is C26H26BrN3O3. The number of benzene rings is 2. The molecule has 4 rings (SSSR count). The van der Waals surface area contributed by atoms with Crippen LogP contribution in [0.3, 0.4) is 0 Å². The van der Waals surface area contributed by atoms with E-state index >= 15 is 0 Å². The first-order valence-electron chi connectivity index (χ1n) is 11.0. The minimum Gasteiger partial charge on any atom is -0.348 e. The first kappa shape index (κ1) is 23.0. The topological polar surface area (TPSA) is 71.4 Å². The second-order valence-electron chi connectivity index (χ2n) is 8.31. The summed E-state index contributed by atoms with van der Waals surface area (Å²) in [7, 11) is 0. The predicted molar refractivity (Wildman–Crippen MR) is 132 cm³/mol. The highest BCUT2D eigenvalue weighted by atomic mass is 79.9. The van der Waals surface area contributed by atoms with E-state index in [9.17, 15) is 14.4 Å². The van der Waals surface area contributed by atoms with E-state index in [1.807, 2.05) is 41.0 Å². The van der Waals surface area contributed by atoms with Crippen LogP contribution in [0.2, 0.25) is 0 Å². The molecule has 2 amide bonds. The summed E-state index contributed by atoms with van der Waals surface area (Å²) in [6.07, 6.45) is 5.13. The zero-order valence-electron chi connectivity index (χ0n) is 18.3. The molecule has 1 aliphatic rings. The van der Waals surface area contributed by atoms with E-state index in [-0.39, 0.29) is 30.2 Å². The van der Waals surface area contributed by atoms with Gasteiger partial charge in [0, 0.05) is 46.6 Å². The number of hydrogen-bond donors (Lipinski definition) is 1. The van der Waals surface area contributed by atoms with Crippen molar-refractivity contribution in [3.8, 4) is 0 Å². The Kier molecular flexibility index (Phi) is 7.08. The zero-order chi connectivity index (χ0) is 23.4. The molecule has 170 valence electrons. The number of fused-ring (bicyclic) bond motifs is 1. The highest BCUT2D eigenvalue weighted by Gasteiger charge is 2.30. The molecule has 0 unspecified atom stereocenters. The monoisotopic (exact) mass is 507 g/mol. The highest BCUT2D eigenvalue weighted by Crippen LogP contribution is 2.27. The van der Waals surface area contributed by atoms with Gasteiger partial charge in [0.25, 0.3) is 0 Å². The molecule has 7 heteroatoms. The number of amides is 2. The van der Waals surface area contributed by atoms with Gasteiger partial charge >= 0.3 is 0 Å². The second-order valence-corrected chi connectivity index (χ2v) is 9.22. The van der Waals surface area contributed by atoms with Gasteiger partial charge in [-0.3, -0.25) is 14.4 Å². The molecular weight excluding hydrogens is 482 g/mol. The fourth-order valence-corrected chi connectivity index (χ4v) is 4.52. The van der Waals surface area contributed by atoms with E-state index in [0.717, 1.165) is 28.2 Å². The van der Waals surface area contributed by atoms with Gasteiger partial charge in [0.1, 0.15) is 6.54 Å². The third-order valence-electron chi connectivity index (χ3n) is 5.90. The largest absolute Gasteiger partial charge is 0.348 e. The summed E-state index contributed by atoms with van der Waals surface area (Å²) in [6.45, 7) is 4.56. The van der Waals surface area contributed by atoms with Crippen LogP contribution >= 0.6 is 15.9 Å². The molecule has 3 aromatic rings. The second kappa shape index (κ2) is 10.2. The first-order chi connectivity index (χ1) is 15.9. The summed E-state index contributed by atoms with van der Waals surface area (Å²) in [4.78, 5) is 38.9. The number of aryl methyl sites for hydroxylation is 1. The fourth-order valence-electron chi connectivity index (χ4n) is 4.16. The van der Waals surface area contributed by atoms with Gasteiger partial charge in [-0.05, 0) is 42.7 Å². The summed E-state index contributed by atoms with van der Waals surface area (Å²) in [5, 5.41) is 3.80. The third kappa shape index (κ3) is 5.42. The molecule has 0 saturated carbocycles. The van der Waals surface area contributed by atoms with Gasteiger partial charge in [-0.15, -0.1) is 0 Å². The van der Waals surface area contributed by atoms with Crippen LogP contribution in [0.15, 0.2) is 71.9 Å². The third-order valence-corrected chi connectivity index (χ3v) is 6.40. The van der Waals surface area contributed by atoms with Crippen molar-refractivity contribution in [1.29, 1.82) is 0 Å². The molecule has 1 aliphatic heterocycles. The van der Waals surface area contributed by atoms with Crippen LogP contribution in [0.5, 0.6) is 0 Å². The molecule has 0 aliphatic carbocycles. The van der Waals surface area contributed by atoms with Crippen molar-refractivity contribution in [2.75, 3.05) is 13.1 Å². The normalized spacial score (nSPS) is 13.5. The van der Waals surface area contributed by atoms with Crippen molar-refractivity contribution in [1.82, 2.24) is 14.8 Å². The van der Waals surface area contributed by atoms with E-state index < -0.39 is 0 Å². The Morgan fingerprint density at radius 1 is 1.12 bits per heavy atom. The number of likely N-dealkylation sites (tertiary alicyclic amines) is 1. The summed E-state index contributed by atoms with van der Waals surface area (Å²) >= 11 is 3.49. The van der Waals surface area contributed by atoms with Crippen molar-refractivity contribution >= 4 is 44.4 Å². The van der Waals surface area contributed by atoms with Crippen LogP contribution < -0.4 is 5.32 Å². The molecule has 6 nitrogen and oxygen atoms in total. The summed E-state index contributed by atoms with van der Waals surface area (Å²) < 4.78 is 2.71. The van der Waals surface area contributed by atoms with E-state index in [1.54, 1.807) is 11.1 Å². The van der Waals surface area contributed by atoms with Gasteiger partial charge in [0.15, 0.2) is 5.78 Å². The lowest BCUT2D eigenvalue weighted by Crippen LogP contribution is -2.61. The lowest BCUT2D eigenvalue weighted by Gasteiger charge is -2.38. The fraction of sp³-hybridized carbons (Fsp3) is 0.269. The van der Waals surface area contributed by atoms with E-state index in [1.165, 1.54) is 11.6 Å². The van der Waals surface area contributed by atoms with Crippen molar-refractivity contribution < 1.29 is 14.4 Å². The molecule has 1 aromatic heterocycles. The predicted octanol–water partition coefficient (Wildman–Crippen LogP) is 4.12. The van der Waals surface area contributed by atoms with Gasteiger partial charge in [-0.25, -0.2) is 0 Å². The van der Waals surface area contributed by atoms with Crippen LogP contribution in [-0.2, 0) is 22.6 Å². The average Bonchev–Trinajstić information content (AvgIpc) is 3.13. The van der Waals surface area contributed by atoms with Crippen LogP contribution in [0, 0.1) is 0 Å². The SMILES string of the molecule is C=CC(=O)N1CC(NC(=O)Cn2cc(C(=O)CCCc3ccccc3)c3cc(Br)ccc32)C1. The molecule has 2 heterocycles. The van der Waals surface area contributed by atoms with Crippen molar-refractivity contribution in [3.63, 3.8) is 0 Å². The Balaban J connectivity index is 1.42. The lowest BCUT2D eigenvalue weighted by molar-refractivity contribution is -0.133. The Labute approximate surface area is 201 Å². The molecule has 1 fully saturated rings. The first-order valence-corrected chi connectivity index (χ1v) is 11.8. The summed E-state index contributed by atoms with van der Waals surface area (Å²) in [5.41, 5.74) is 2.70. The number of ketones is 1. The van der Waals surface area contributed by atoms with Crippen LogP contribution in [0.25, 0.3) is 10.9 Å². The smallest absolute Gasteiger partial charge is 0.246 e. The number of hydrogen-bond acceptors (Lipinski definition) is 3. The van der Waals surface area contributed by atoms with Gasteiger partial charge in [0.05, 0.1) is 6.04 Å². The average molecular weight is 508 g/mol. The maximum absolute atomic E-state index is 13.0. The van der Waals surface area contributed by atoms with E-state index in [2.05, 4.69) is 40.0 Å². The van der Waals surface area contributed by atoms with Crippen LogP contribution in [-0.4, -0.2) is 46.2 Å². The Bertz CT molecular complexity index is 1200. The number of nitrogens with zero attached hydrogens (tertiary/aromatic N) is 2. The maximum atomic E-state index is 13.0. The molecule has 0 radical (unpaired) electrons. The molecule has 1 saturated heterocycles. The highest BCUT2D eigenvalue weighted by molar-refractivity contribution is 9.10. The number of carbonyl (C=O) groups excluding carboxylic acids is 3. The van der Waals surface area contributed by atoms with Gasteiger partial charge in [-0.2, -0.15) is 0 Å². The minimum atomic E-state index is -0.145. The molecule has 1 N–H and O–H groups in total. The number of nitrogens with one attached hydrogen (secondary N) is 1. The number of carbonyl (C=O) groups is 3. The number of aromatic nitrogens is 1. The Morgan fingerprint density at radius 2 is 1.88 bits per heavy atom. The van der Waals surface area contributed by atoms with Crippen LogP contribution in [0.4, 0.5) is 0 Å². The Morgan fingerprint density at radius 3 is 2.61 bits per heavy atom. The molecule has 0 spiro atoms. The van der Waals surface area contributed by atoms with Crippen LogP contribution in [0.1, 0.15) is 28.8 Å². The molecule has 0 atom stereocenters. The Hall–Kier alpha value is -3.19. The summed E-state index contributed by atoms with van der Waals surface area (Å²) in [6, 6.07) is 15.8. The zero-order valence-corrected chi connectivity index (χ0v) is 19.9. The number of rotatable bonds is 9. The van der Waals surface area contributed by atoms with Crippen molar-refractivity contribution in [2.45, 2.75) is 31.8 Å². The van der Waals surface area contributed by atoms with E-state index in [0.29, 0.717) is 25.1 Å². The lowest BCUT2D eigenvalue weighted by atomic mass is 10.0. The van der Waals surface area contributed by atoms with Crippen molar-refractivity contribution in [3.05, 3.63) is 83.0 Å². The van der Waals surface area contributed by atoms with E-state index in [4.69, 9.17) is 0 Å². The quantitative estimate of drug-likeness (QED) is 0.349. The summed E-state index contributed by atoms with van der Waals surface area (Å²) in [5.74, 6) is -0.197. The molecule has 2 aromatic carbocycles. The maximum Gasteiger partial charge on any atom is 0.246 e. The number of halogens is 1. The van der Waals surface area contributed by atoms with Gasteiger partial charge < -0.3 is 14.8 Å². The minimum absolute atomic E-state index is 0.0588. The molecule has 33 heavy (non-hydrogen) atoms. The van der Waals surface area contributed by atoms with Gasteiger partial charge in [0.2, 0.25) is 11.8 Å². The van der Waals surface area contributed by atoms with Gasteiger partial charge in [-0.1, -0.05) is 52.8 Å². The molecule has 0 bridgehead atoms. The van der Waals surface area contributed by atoms with Crippen molar-refractivity contribution in [2.24, 2.45) is 0 Å². The number of Topliss-reactive ketones (excluding diaryl/α,β-unsaturated/α-hetero) is 1.